The summed E-state index contributed by atoms with van der Waals surface area (Å²) in [6.45, 7) is -1.06. The van der Waals surface area contributed by atoms with Crippen LogP contribution in [0, 0.1) is 0 Å². The molecule has 7 heteroatoms. The molecule has 0 saturated carbocycles. The predicted molar refractivity (Wildman–Crippen MR) is 106 cm³/mol. The lowest BCUT2D eigenvalue weighted by Crippen LogP contribution is -2.30. The minimum Gasteiger partial charge on any atom is -0.417 e. The molecule has 1 unspecified atom stereocenters. The number of carbonyl (C=O) groups excluding carboxylic acids is 1. The van der Waals surface area contributed by atoms with Crippen molar-refractivity contribution in [3.63, 3.8) is 0 Å². The van der Waals surface area contributed by atoms with Gasteiger partial charge in [-0.3, -0.25) is 9.78 Å². The Labute approximate surface area is 167 Å². The summed E-state index contributed by atoms with van der Waals surface area (Å²) >= 11 is 0. The maximum absolute atomic E-state index is 12.4. The summed E-state index contributed by atoms with van der Waals surface area (Å²) in [7, 11) is 0. The molecule has 0 bridgehead atoms. The van der Waals surface area contributed by atoms with E-state index in [0.29, 0.717) is 11.9 Å². The summed E-state index contributed by atoms with van der Waals surface area (Å²) in [4.78, 5) is 20.4. The highest BCUT2D eigenvalue weighted by Gasteiger charge is 2.24. The molecule has 0 spiro atoms. The van der Waals surface area contributed by atoms with Crippen molar-refractivity contribution in [3.8, 4) is 17.0 Å². The molecule has 29 heavy (non-hydrogen) atoms. The van der Waals surface area contributed by atoms with Crippen LogP contribution in [0.15, 0.2) is 42.7 Å². The number of amides is 1. The second-order valence-electron chi connectivity index (χ2n) is 7.06. The number of aromatic nitrogens is 2. The maximum Gasteiger partial charge on any atom is 0.388 e. The van der Waals surface area contributed by atoms with Crippen LogP contribution >= 0.6 is 0 Å². The molecule has 1 atom stereocenters. The first-order chi connectivity index (χ1) is 14.0. The van der Waals surface area contributed by atoms with Gasteiger partial charge in [0.25, 0.3) is 0 Å². The molecule has 0 aliphatic heterocycles. The fourth-order valence-electron chi connectivity index (χ4n) is 3.85. The second kappa shape index (κ2) is 8.11. The van der Waals surface area contributed by atoms with Gasteiger partial charge in [0.2, 0.25) is 11.8 Å². The maximum atomic E-state index is 12.4. The molecule has 0 saturated heterocycles. The Balaban J connectivity index is 1.70. The topological polar surface area (TPSA) is 64.1 Å². The number of ether oxygens (including phenoxy) is 1. The van der Waals surface area contributed by atoms with Crippen LogP contribution in [0.4, 0.5) is 8.78 Å². The van der Waals surface area contributed by atoms with Crippen LogP contribution in [-0.2, 0) is 11.2 Å². The van der Waals surface area contributed by atoms with E-state index in [4.69, 9.17) is 0 Å². The van der Waals surface area contributed by atoms with Gasteiger partial charge in [-0.1, -0.05) is 13.0 Å². The molecule has 150 valence electrons. The number of halogens is 2. The monoisotopic (exact) mass is 397 g/mol. The van der Waals surface area contributed by atoms with Gasteiger partial charge in [-0.2, -0.15) is 8.78 Å². The molecule has 1 aliphatic carbocycles. The van der Waals surface area contributed by atoms with Gasteiger partial charge >= 0.3 is 6.61 Å². The average Bonchev–Trinajstić information content (AvgIpc) is 2.72. The van der Waals surface area contributed by atoms with E-state index in [1.165, 1.54) is 11.6 Å². The number of pyridine rings is 2. The van der Waals surface area contributed by atoms with E-state index in [0.717, 1.165) is 41.3 Å². The molecule has 3 aromatic rings. The number of nitrogens with zero attached hydrogens (tertiary/aromatic N) is 2. The molecule has 1 aromatic carbocycles. The zero-order valence-electron chi connectivity index (χ0n) is 16.0. The van der Waals surface area contributed by atoms with Crippen molar-refractivity contribution in [1.82, 2.24) is 15.3 Å². The lowest BCUT2D eigenvalue weighted by atomic mass is 9.84. The lowest BCUT2D eigenvalue weighted by Gasteiger charge is -2.27. The predicted octanol–water partition coefficient (Wildman–Crippen LogP) is 4.80. The number of fused-ring (bicyclic) bond motifs is 2. The number of hydrogen-bond acceptors (Lipinski definition) is 4. The van der Waals surface area contributed by atoms with Gasteiger partial charge in [-0.25, -0.2) is 4.98 Å². The van der Waals surface area contributed by atoms with E-state index in [9.17, 15) is 13.6 Å². The average molecular weight is 397 g/mol. The van der Waals surface area contributed by atoms with Crippen molar-refractivity contribution in [2.75, 3.05) is 0 Å². The minimum atomic E-state index is -2.90. The number of carbonyl (C=O) groups is 1. The SMILES string of the molecule is CCC(=O)NC1CCCc2c(-c3ccc4nc(OC(F)F)ccc4c3)cncc21. The van der Waals surface area contributed by atoms with Crippen LogP contribution in [-0.4, -0.2) is 22.5 Å². The van der Waals surface area contributed by atoms with Crippen molar-refractivity contribution in [1.29, 1.82) is 0 Å². The Kier molecular flexibility index (Phi) is 5.38. The molecule has 1 N–H and O–H groups in total. The third-order valence-electron chi connectivity index (χ3n) is 5.23. The van der Waals surface area contributed by atoms with Crippen molar-refractivity contribution in [2.45, 2.75) is 45.3 Å². The lowest BCUT2D eigenvalue weighted by molar-refractivity contribution is -0.121. The quantitative estimate of drug-likeness (QED) is 0.672. The van der Waals surface area contributed by atoms with E-state index in [2.05, 4.69) is 20.0 Å². The van der Waals surface area contributed by atoms with E-state index >= 15 is 0 Å². The van der Waals surface area contributed by atoms with E-state index in [1.807, 2.05) is 31.5 Å². The first kappa shape index (κ1) is 19.2. The summed E-state index contributed by atoms with van der Waals surface area (Å²) in [6, 6.07) is 8.81. The van der Waals surface area contributed by atoms with Crippen LogP contribution in [0.5, 0.6) is 5.88 Å². The Morgan fingerprint density at radius 1 is 1.28 bits per heavy atom. The Morgan fingerprint density at radius 3 is 2.93 bits per heavy atom. The zero-order valence-corrected chi connectivity index (χ0v) is 16.0. The number of benzene rings is 1. The highest BCUT2D eigenvalue weighted by atomic mass is 19.3. The summed E-state index contributed by atoms with van der Waals surface area (Å²) < 4.78 is 29.2. The summed E-state index contributed by atoms with van der Waals surface area (Å²) in [5, 5.41) is 3.92. The van der Waals surface area contributed by atoms with Crippen LogP contribution in [0.3, 0.4) is 0 Å². The minimum absolute atomic E-state index is 0.0187. The first-order valence-electron chi connectivity index (χ1n) is 9.67. The largest absolute Gasteiger partial charge is 0.417 e. The third kappa shape index (κ3) is 4.04. The summed E-state index contributed by atoms with van der Waals surface area (Å²) in [6.07, 6.45) is 6.94. The van der Waals surface area contributed by atoms with Gasteiger partial charge in [-0.05, 0) is 54.2 Å². The second-order valence-corrected chi connectivity index (χ2v) is 7.06. The molecule has 1 aliphatic rings. The summed E-state index contributed by atoms with van der Waals surface area (Å²) in [5.74, 6) is -0.0691. The molecule has 0 radical (unpaired) electrons. The van der Waals surface area contributed by atoms with Crippen LogP contribution in [0.2, 0.25) is 0 Å². The molecule has 0 fully saturated rings. The zero-order chi connectivity index (χ0) is 20.4. The summed E-state index contributed by atoms with van der Waals surface area (Å²) in [5.41, 5.74) is 4.84. The van der Waals surface area contributed by atoms with Crippen LogP contribution < -0.4 is 10.1 Å². The Bertz CT molecular complexity index is 1060. The number of nitrogens with one attached hydrogen (secondary N) is 1. The van der Waals surface area contributed by atoms with Crippen molar-refractivity contribution < 1.29 is 18.3 Å². The van der Waals surface area contributed by atoms with Gasteiger partial charge in [-0.15, -0.1) is 0 Å². The molecular weight excluding hydrogens is 376 g/mol. The standard InChI is InChI=1S/C22H21F2N3O2/c1-2-20(28)26-19-5-3-4-15-16(11-25-12-17(15)19)13-6-8-18-14(10-13)7-9-21(27-18)29-22(23)24/h6-12,19,22H,2-5H2,1H3,(H,26,28). The normalized spacial score (nSPS) is 15.9. The van der Waals surface area contributed by atoms with Gasteiger partial charge in [0.1, 0.15) is 0 Å². The highest BCUT2D eigenvalue weighted by Crippen LogP contribution is 2.36. The van der Waals surface area contributed by atoms with E-state index in [-0.39, 0.29) is 17.8 Å². The first-order valence-corrected chi connectivity index (χ1v) is 9.67. The highest BCUT2D eigenvalue weighted by molar-refractivity contribution is 5.85. The van der Waals surface area contributed by atoms with Gasteiger partial charge in [0.15, 0.2) is 0 Å². The molecule has 2 aromatic heterocycles. The van der Waals surface area contributed by atoms with Gasteiger partial charge < -0.3 is 10.1 Å². The fourth-order valence-corrected chi connectivity index (χ4v) is 3.85. The van der Waals surface area contributed by atoms with Gasteiger partial charge in [0.05, 0.1) is 11.6 Å². The fraction of sp³-hybridized carbons (Fsp3) is 0.318. The molecular formula is C22H21F2N3O2. The number of rotatable bonds is 5. The Morgan fingerprint density at radius 2 is 2.14 bits per heavy atom. The van der Waals surface area contributed by atoms with Crippen molar-refractivity contribution >= 4 is 16.8 Å². The smallest absolute Gasteiger partial charge is 0.388 e. The molecule has 1 amide bonds. The van der Waals surface area contributed by atoms with Crippen LogP contribution in [0.1, 0.15) is 43.4 Å². The molecule has 4 rings (SSSR count). The Hall–Kier alpha value is -3.09. The van der Waals surface area contributed by atoms with Crippen molar-refractivity contribution in [2.24, 2.45) is 0 Å². The van der Waals surface area contributed by atoms with Crippen LogP contribution in [0.25, 0.3) is 22.0 Å². The molecule has 2 heterocycles. The molecule has 5 nitrogen and oxygen atoms in total. The van der Waals surface area contributed by atoms with Gasteiger partial charge in [0, 0.05) is 35.8 Å². The van der Waals surface area contributed by atoms with Crippen molar-refractivity contribution in [3.05, 3.63) is 53.9 Å². The number of hydrogen-bond donors (Lipinski definition) is 1. The third-order valence-corrected chi connectivity index (χ3v) is 5.23. The number of alkyl halides is 2. The van der Waals surface area contributed by atoms with E-state index < -0.39 is 6.61 Å². The van der Waals surface area contributed by atoms with E-state index in [1.54, 1.807) is 12.1 Å².